The average molecular weight is 290 g/mol. The van der Waals surface area contributed by atoms with Gasteiger partial charge in [-0.3, -0.25) is 4.79 Å². The predicted molar refractivity (Wildman–Crippen MR) is 80.4 cm³/mol. The minimum atomic E-state index is 0.683. The smallest absolute Gasteiger partial charge is 0.247 e. The first kappa shape index (κ1) is 14.0. The highest BCUT2D eigenvalue weighted by atomic mass is 16.1. The topological polar surface area (TPSA) is 65.5 Å². The second kappa shape index (κ2) is 6.69. The molecule has 1 aromatic heterocycles. The molecule has 1 aromatic rings. The molecule has 3 rings (SSSR count). The Hall–Kier alpha value is -1.92. The molecule has 0 radical (unpaired) electrons. The van der Waals surface area contributed by atoms with Gasteiger partial charge in [0.15, 0.2) is 5.82 Å². The fourth-order valence-electron chi connectivity index (χ4n) is 2.90. The Bertz CT molecular complexity index is 466. The fraction of sp³-hybridized carbons (Fsp3) is 0.714. The maximum atomic E-state index is 10.8. The molecule has 7 heteroatoms. The van der Waals surface area contributed by atoms with Crippen LogP contribution in [0, 0.1) is 0 Å². The first-order valence-corrected chi connectivity index (χ1v) is 7.76. The Balaban J connectivity index is 1.69. The highest BCUT2D eigenvalue weighted by Gasteiger charge is 2.19. The predicted octanol–water partition coefficient (Wildman–Crippen LogP) is 0.530. The molecule has 2 fully saturated rings. The number of aromatic nitrogens is 3. The molecule has 0 saturated carbocycles. The highest BCUT2D eigenvalue weighted by Crippen LogP contribution is 2.18. The summed E-state index contributed by atoms with van der Waals surface area (Å²) >= 11 is 0. The molecule has 2 saturated heterocycles. The Morgan fingerprint density at radius 3 is 2.29 bits per heavy atom. The first-order chi connectivity index (χ1) is 10.4. The van der Waals surface area contributed by atoms with Crippen molar-refractivity contribution in [3.05, 3.63) is 6.20 Å². The van der Waals surface area contributed by atoms with E-state index >= 15 is 0 Å². The number of piperazine rings is 1. The van der Waals surface area contributed by atoms with Gasteiger partial charge in [0.2, 0.25) is 12.4 Å². The molecule has 2 aliphatic rings. The fourth-order valence-corrected chi connectivity index (χ4v) is 2.90. The number of carbonyl (C=O) groups is 1. The maximum Gasteiger partial charge on any atom is 0.247 e. The molecule has 0 unspecified atom stereocenters. The molecule has 0 aliphatic carbocycles. The van der Waals surface area contributed by atoms with Gasteiger partial charge in [0, 0.05) is 39.3 Å². The van der Waals surface area contributed by atoms with Crippen LogP contribution >= 0.6 is 0 Å². The maximum absolute atomic E-state index is 10.8. The second-order valence-corrected chi connectivity index (χ2v) is 5.64. The number of hydrogen-bond acceptors (Lipinski definition) is 6. The third-order valence-corrected chi connectivity index (χ3v) is 4.21. The van der Waals surface area contributed by atoms with Crippen LogP contribution in [0.1, 0.15) is 25.7 Å². The minimum absolute atomic E-state index is 0.683. The largest absolute Gasteiger partial charge is 0.355 e. The molecular weight excluding hydrogens is 268 g/mol. The summed E-state index contributed by atoms with van der Waals surface area (Å²) in [6, 6.07) is 0. The van der Waals surface area contributed by atoms with Gasteiger partial charge in [0.1, 0.15) is 0 Å². The van der Waals surface area contributed by atoms with Crippen molar-refractivity contribution in [1.82, 2.24) is 20.1 Å². The summed E-state index contributed by atoms with van der Waals surface area (Å²) in [5.41, 5.74) is 0. The zero-order valence-electron chi connectivity index (χ0n) is 12.3. The van der Waals surface area contributed by atoms with E-state index < -0.39 is 0 Å². The van der Waals surface area contributed by atoms with Crippen LogP contribution < -0.4 is 9.80 Å². The first-order valence-electron chi connectivity index (χ1n) is 7.76. The van der Waals surface area contributed by atoms with Gasteiger partial charge in [-0.05, 0) is 12.8 Å². The summed E-state index contributed by atoms with van der Waals surface area (Å²) in [5.74, 6) is 1.61. The zero-order chi connectivity index (χ0) is 14.5. The summed E-state index contributed by atoms with van der Waals surface area (Å²) in [6.07, 6.45) is 7.71. The monoisotopic (exact) mass is 290 g/mol. The van der Waals surface area contributed by atoms with Gasteiger partial charge < -0.3 is 14.7 Å². The van der Waals surface area contributed by atoms with Gasteiger partial charge >= 0.3 is 0 Å². The number of amides is 1. The van der Waals surface area contributed by atoms with Gasteiger partial charge in [-0.1, -0.05) is 12.8 Å². The number of rotatable bonds is 3. The van der Waals surface area contributed by atoms with Crippen molar-refractivity contribution in [3.63, 3.8) is 0 Å². The molecule has 0 N–H and O–H groups in total. The van der Waals surface area contributed by atoms with Crippen molar-refractivity contribution in [1.29, 1.82) is 0 Å². The van der Waals surface area contributed by atoms with Crippen LogP contribution in [0.15, 0.2) is 6.20 Å². The van der Waals surface area contributed by atoms with Gasteiger partial charge in [-0.25, -0.2) is 0 Å². The number of anilines is 2. The Kier molecular flexibility index (Phi) is 4.47. The lowest BCUT2D eigenvalue weighted by Crippen LogP contribution is -2.46. The molecular formula is C14H22N6O. The van der Waals surface area contributed by atoms with E-state index in [-0.39, 0.29) is 0 Å². The molecule has 0 atom stereocenters. The number of carbonyl (C=O) groups excluding carboxylic acids is 1. The van der Waals surface area contributed by atoms with Gasteiger partial charge in [-0.15, -0.1) is 5.10 Å². The summed E-state index contributed by atoms with van der Waals surface area (Å²) in [6.45, 7) is 5.09. The standard InChI is InChI=1S/C14H22N6O/c21-12-18-7-9-20(10-8-18)14-16-13(11-15-17-14)19-5-3-1-2-4-6-19/h11-12H,1-10H2. The molecule has 0 spiro atoms. The third-order valence-electron chi connectivity index (χ3n) is 4.21. The van der Waals surface area contributed by atoms with E-state index in [2.05, 4.69) is 25.0 Å². The van der Waals surface area contributed by atoms with E-state index in [1.165, 1.54) is 25.7 Å². The SMILES string of the molecule is O=CN1CCN(c2nncc(N3CCCCCC3)n2)CC1. The number of hydrogen-bond donors (Lipinski definition) is 0. The Morgan fingerprint density at radius 1 is 0.905 bits per heavy atom. The lowest BCUT2D eigenvalue weighted by molar-refractivity contribution is -0.118. The van der Waals surface area contributed by atoms with Crippen LogP contribution in [0.2, 0.25) is 0 Å². The average Bonchev–Trinajstić information content (AvgIpc) is 2.84. The van der Waals surface area contributed by atoms with E-state index in [9.17, 15) is 4.79 Å². The minimum Gasteiger partial charge on any atom is -0.355 e. The normalized spacial score (nSPS) is 20.3. The molecule has 3 heterocycles. The van der Waals surface area contributed by atoms with Gasteiger partial charge in [-0.2, -0.15) is 10.1 Å². The van der Waals surface area contributed by atoms with Gasteiger partial charge in [0.25, 0.3) is 0 Å². The molecule has 2 aliphatic heterocycles. The van der Waals surface area contributed by atoms with E-state index in [0.29, 0.717) is 5.95 Å². The highest BCUT2D eigenvalue weighted by molar-refractivity contribution is 5.48. The summed E-state index contributed by atoms with van der Waals surface area (Å²) < 4.78 is 0. The summed E-state index contributed by atoms with van der Waals surface area (Å²) in [7, 11) is 0. The van der Waals surface area contributed by atoms with Crippen LogP contribution in [0.4, 0.5) is 11.8 Å². The quantitative estimate of drug-likeness (QED) is 0.757. The van der Waals surface area contributed by atoms with Crippen LogP contribution in [-0.4, -0.2) is 65.8 Å². The molecule has 1 amide bonds. The second-order valence-electron chi connectivity index (χ2n) is 5.64. The van der Waals surface area contributed by atoms with Crippen molar-refractivity contribution in [2.45, 2.75) is 25.7 Å². The van der Waals surface area contributed by atoms with Crippen LogP contribution in [-0.2, 0) is 4.79 Å². The Morgan fingerprint density at radius 2 is 1.62 bits per heavy atom. The molecule has 0 aromatic carbocycles. The number of nitrogens with zero attached hydrogens (tertiary/aromatic N) is 6. The summed E-state index contributed by atoms with van der Waals surface area (Å²) in [4.78, 5) is 21.6. The molecule has 21 heavy (non-hydrogen) atoms. The van der Waals surface area contributed by atoms with Gasteiger partial charge in [0.05, 0.1) is 6.20 Å². The van der Waals surface area contributed by atoms with Crippen LogP contribution in [0.3, 0.4) is 0 Å². The third kappa shape index (κ3) is 3.40. The van der Waals surface area contributed by atoms with Crippen molar-refractivity contribution in [2.24, 2.45) is 0 Å². The van der Waals surface area contributed by atoms with E-state index in [0.717, 1.165) is 51.5 Å². The van der Waals surface area contributed by atoms with Crippen molar-refractivity contribution in [3.8, 4) is 0 Å². The van der Waals surface area contributed by atoms with Crippen molar-refractivity contribution in [2.75, 3.05) is 49.1 Å². The van der Waals surface area contributed by atoms with E-state index in [1.54, 1.807) is 11.1 Å². The summed E-state index contributed by atoms with van der Waals surface area (Å²) in [5, 5.41) is 8.29. The molecule has 114 valence electrons. The Labute approximate surface area is 125 Å². The van der Waals surface area contributed by atoms with E-state index in [4.69, 9.17) is 0 Å². The zero-order valence-corrected chi connectivity index (χ0v) is 12.3. The molecule has 7 nitrogen and oxygen atoms in total. The molecule has 0 bridgehead atoms. The van der Waals surface area contributed by atoms with Crippen LogP contribution in [0.25, 0.3) is 0 Å². The van der Waals surface area contributed by atoms with E-state index in [1.807, 2.05) is 0 Å². The lowest BCUT2D eigenvalue weighted by atomic mass is 10.2. The van der Waals surface area contributed by atoms with Crippen molar-refractivity contribution >= 4 is 18.2 Å². The van der Waals surface area contributed by atoms with Crippen molar-refractivity contribution < 1.29 is 4.79 Å². The lowest BCUT2D eigenvalue weighted by Gasteiger charge is -2.32. The van der Waals surface area contributed by atoms with Crippen LogP contribution in [0.5, 0.6) is 0 Å².